The number of carbonyl (C=O) groups excluding carboxylic acids is 2. The monoisotopic (exact) mass is 557 g/mol. The van der Waals surface area contributed by atoms with Crippen molar-refractivity contribution in [1.29, 1.82) is 0 Å². The van der Waals surface area contributed by atoms with E-state index in [1.54, 1.807) is 18.2 Å². The van der Waals surface area contributed by atoms with Gasteiger partial charge in [0.15, 0.2) is 0 Å². The van der Waals surface area contributed by atoms with Crippen molar-refractivity contribution < 1.29 is 14.7 Å². The smallest absolute Gasteiger partial charge is 0.261 e. The summed E-state index contributed by atoms with van der Waals surface area (Å²) in [4.78, 5) is 46.9. The number of hydrogen-bond acceptors (Lipinski definition) is 6. The number of aliphatic hydroxyl groups is 1. The van der Waals surface area contributed by atoms with Crippen molar-refractivity contribution in [2.24, 2.45) is 5.73 Å². The fourth-order valence-corrected chi connectivity index (χ4v) is 5.89. The van der Waals surface area contributed by atoms with Gasteiger partial charge in [-0.15, -0.1) is 0 Å². The number of rotatable bonds is 8. The Morgan fingerprint density at radius 2 is 1.76 bits per heavy atom. The average molecular weight is 558 g/mol. The van der Waals surface area contributed by atoms with E-state index < -0.39 is 11.5 Å². The van der Waals surface area contributed by atoms with Crippen molar-refractivity contribution in [3.05, 3.63) is 82.5 Å². The first-order valence-corrected chi connectivity index (χ1v) is 14.5. The minimum atomic E-state index is -1.11. The summed E-state index contributed by atoms with van der Waals surface area (Å²) in [6.07, 6.45) is 7.79. The highest BCUT2D eigenvalue weighted by molar-refractivity contribution is 6.19. The van der Waals surface area contributed by atoms with Crippen LogP contribution in [-0.4, -0.2) is 68.1 Å². The van der Waals surface area contributed by atoms with Gasteiger partial charge in [-0.2, -0.15) is 0 Å². The molecule has 3 N–H and O–H groups in total. The Hall–Kier alpha value is -3.98. The van der Waals surface area contributed by atoms with Crippen LogP contribution in [0.15, 0.2) is 65.9 Å². The molecule has 41 heavy (non-hydrogen) atoms. The van der Waals surface area contributed by atoms with E-state index in [0.717, 1.165) is 31.5 Å². The lowest BCUT2D eigenvalue weighted by atomic mass is 9.90. The molecule has 9 heteroatoms. The molecule has 2 amide bonds. The van der Waals surface area contributed by atoms with Crippen molar-refractivity contribution in [1.82, 2.24) is 19.4 Å². The predicted octanol–water partition coefficient (Wildman–Crippen LogP) is 3.26. The van der Waals surface area contributed by atoms with Gasteiger partial charge in [0.05, 0.1) is 34.9 Å². The first kappa shape index (κ1) is 28.5. The minimum absolute atomic E-state index is 0.0772. The molecule has 1 unspecified atom stereocenters. The van der Waals surface area contributed by atoms with Crippen LogP contribution < -0.4 is 11.3 Å². The number of hydrogen-bond donors (Lipinski definition) is 2. The standard InChI is InChI=1S/C32H39N5O4/c1-23(24-8-4-2-5-9-24)18-29(38)36-16-12-32(41,13-17-36)21-37-22-34-28-19-25(10-11-26(28)31(37)40)27(30(33)39)20-35-14-6-3-7-15-35/h2,4-5,8-11,19-20,22-23,41H,3,6-7,12-18,21H2,1H3,(H2,33,39). The van der Waals surface area contributed by atoms with Gasteiger partial charge in [-0.25, -0.2) is 4.98 Å². The Bertz CT molecular complexity index is 1480. The third-order valence-corrected chi connectivity index (χ3v) is 8.46. The Morgan fingerprint density at radius 1 is 1.05 bits per heavy atom. The van der Waals surface area contributed by atoms with E-state index in [-0.39, 0.29) is 23.9 Å². The number of nitrogens with zero attached hydrogens (tertiary/aromatic N) is 4. The molecule has 3 heterocycles. The molecule has 3 aromatic rings. The summed E-state index contributed by atoms with van der Waals surface area (Å²) < 4.78 is 1.44. The summed E-state index contributed by atoms with van der Waals surface area (Å²) in [5.74, 6) is -0.329. The van der Waals surface area contributed by atoms with Crippen LogP contribution in [0.4, 0.5) is 0 Å². The second-order valence-electron chi connectivity index (χ2n) is 11.5. The number of aromatic nitrogens is 2. The van der Waals surface area contributed by atoms with Crippen LogP contribution >= 0.6 is 0 Å². The lowest BCUT2D eigenvalue weighted by molar-refractivity contribution is -0.136. The summed E-state index contributed by atoms with van der Waals surface area (Å²) in [5.41, 5.74) is 6.96. The Morgan fingerprint density at radius 3 is 2.44 bits per heavy atom. The van der Waals surface area contributed by atoms with Gasteiger partial charge in [-0.1, -0.05) is 43.3 Å². The molecule has 1 aromatic heterocycles. The van der Waals surface area contributed by atoms with Gasteiger partial charge in [-0.3, -0.25) is 19.0 Å². The molecular formula is C32H39N5O4. The van der Waals surface area contributed by atoms with Crippen LogP contribution in [0.5, 0.6) is 0 Å². The lowest BCUT2D eigenvalue weighted by Gasteiger charge is -2.38. The highest BCUT2D eigenvalue weighted by Crippen LogP contribution is 2.27. The highest BCUT2D eigenvalue weighted by atomic mass is 16.3. The molecular weight excluding hydrogens is 518 g/mol. The minimum Gasteiger partial charge on any atom is -0.388 e. The van der Waals surface area contributed by atoms with Gasteiger partial charge >= 0.3 is 0 Å². The van der Waals surface area contributed by atoms with Crippen LogP contribution in [0.3, 0.4) is 0 Å². The summed E-state index contributed by atoms with van der Waals surface area (Å²) in [7, 11) is 0. The number of likely N-dealkylation sites (tertiary alicyclic amines) is 2. The number of piperidine rings is 2. The van der Waals surface area contributed by atoms with E-state index >= 15 is 0 Å². The zero-order valence-electron chi connectivity index (χ0n) is 23.7. The fraction of sp³-hybridized carbons (Fsp3) is 0.438. The second kappa shape index (κ2) is 12.3. The third-order valence-electron chi connectivity index (χ3n) is 8.46. The van der Waals surface area contributed by atoms with E-state index in [1.165, 1.54) is 17.3 Å². The van der Waals surface area contributed by atoms with Crippen molar-refractivity contribution in [3.8, 4) is 0 Å². The third kappa shape index (κ3) is 6.68. The Labute approximate surface area is 240 Å². The van der Waals surface area contributed by atoms with Gasteiger partial charge in [-0.05, 0) is 61.3 Å². The molecule has 1 atom stereocenters. The molecule has 0 radical (unpaired) electrons. The quantitative estimate of drug-likeness (QED) is 0.410. The highest BCUT2D eigenvalue weighted by Gasteiger charge is 2.35. The lowest BCUT2D eigenvalue weighted by Crippen LogP contribution is -2.49. The average Bonchev–Trinajstić information content (AvgIpc) is 2.98. The maximum Gasteiger partial charge on any atom is 0.261 e. The van der Waals surface area contributed by atoms with Crippen molar-refractivity contribution in [2.75, 3.05) is 26.2 Å². The molecule has 2 aliphatic heterocycles. The molecule has 2 fully saturated rings. The van der Waals surface area contributed by atoms with Crippen LogP contribution in [-0.2, 0) is 16.1 Å². The molecule has 0 saturated carbocycles. The van der Waals surface area contributed by atoms with Crippen LogP contribution in [0, 0.1) is 0 Å². The molecule has 2 aliphatic rings. The van der Waals surface area contributed by atoms with Crippen molar-refractivity contribution in [2.45, 2.75) is 63.5 Å². The van der Waals surface area contributed by atoms with E-state index in [9.17, 15) is 19.5 Å². The number of nitrogens with two attached hydrogens (primary N) is 1. The van der Waals surface area contributed by atoms with E-state index in [1.807, 2.05) is 41.4 Å². The molecule has 2 saturated heterocycles. The Balaban J connectivity index is 1.25. The molecule has 2 aromatic carbocycles. The van der Waals surface area contributed by atoms with Gasteiger partial charge in [0.25, 0.3) is 11.5 Å². The normalized spacial score (nSPS) is 18.3. The summed E-state index contributed by atoms with van der Waals surface area (Å²) >= 11 is 0. The second-order valence-corrected chi connectivity index (χ2v) is 11.5. The number of amides is 2. The zero-order chi connectivity index (χ0) is 29.0. The largest absolute Gasteiger partial charge is 0.388 e. The van der Waals surface area contributed by atoms with Crippen LogP contribution in [0.1, 0.15) is 62.5 Å². The molecule has 216 valence electrons. The molecule has 0 spiro atoms. The predicted molar refractivity (Wildman–Crippen MR) is 159 cm³/mol. The van der Waals surface area contributed by atoms with Gasteiger partial charge in [0, 0.05) is 38.8 Å². The summed E-state index contributed by atoms with van der Waals surface area (Å²) in [6.45, 7) is 4.80. The molecule has 9 nitrogen and oxygen atoms in total. The SMILES string of the molecule is CC(CC(=O)N1CCC(O)(Cn2cnc3cc(C(=CN4CCCCC4)C(N)=O)ccc3c2=O)CC1)c1ccccc1. The summed E-state index contributed by atoms with van der Waals surface area (Å²) in [5, 5.41) is 11.7. The van der Waals surface area contributed by atoms with Crippen LogP contribution in [0.25, 0.3) is 16.5 Å². The van der Waals surface area contributed by atoms with Crippen molar-refractivity contribution in [3.63, 3.8) is 0 Å². The maximum atomic E-state index is 13.3. The number of primary amides is 1. The first-order chi connectivity index (χ1) is 19.7. The maximum absolute atomic E-state index is 13.3. The molecule has 5 rings (SSSR count). The van der Waals surface area contributed by atoms with Crippen molar-refractivity contribution >= 4 is 28.3 Å². The van der Waals surface area contributed by atoms with Gasteiger partial charge in [0.2, 0.25) is 5.91 Å². The van der Waals surface area contributed by atoms with Gasteiger partial charge < -0.3 is 20.6 Å². The Kier molecular flexibility index (Phi) is 8.54. The molecule has 0 bridgehead atoms. The first-order valence-electron chi connectivity index (χ1n) is 14.5. The van der Waals surface area contributed by atoms with E-state index in [0.29, 0.717) is 54.4 Å². The zero-order valence-corrected chi connectivity index (χ0v) is 23.7. The van der Waals surface area contributed by atoms with Gasteiger partial charge in [0.1, 0.15) is 0 Å². The topological polar surface area (TPSA) is 122 Å². The number of carbonyl (C=O) groups is 2. The number of benzene rings is 2. The number of fused-ring (bicyclic) bond motifs is 1. The van der Waals surface area contributed by atoms with E-state index in [2.05, 4.69) is 16.8 Å². The summed E-state index contributed by atoms with van der Waals surface area (Å²) in [6, 6.07) is 15.1. The van der Waals surface area contributed by atoms with E-state index in [4.69, 9.17) is 5.73 Å². The molecule has 0 aliphatic carbocycles. The fourth-order valence-electron chi connectivity index (χ4n) is 5.89. The van der Waals surface area contributed by atoms with Crippen LogP contribution in [0.2, 0.25) is 0 Å².